The monoisotopic (exact) mass is 715 g/mol. The fourth-order valence-corrected chi connectivity index (χ4v) is 4.08. The van der Waals surface area contributed by atoms with Crippen molar-refractivity contribution in [1.82, 2.24) is 0 Å². The Morgan fingerprint density at radius 3 is 1.07 bits per heavy atom. The van der Waals surface area contributed by atoms with Crippen LogP contribution in [0, 0.1) is 0 Å². The van der Waals surface area contributed by atoms with Crippen molar-refractivity contribution >= 4 is 174 Å². The van der Waals surface area contributed by atoms with Crippen molar-refractivity contribution in [3.63, 3.8) is 0 Å². The second kappa shape index (κ2) is 10.5. The average molecular weight is 722 g/mol. The highest BCUT2D eigenvalue weighted by atomic mass is 35.6. The zero-order chi connectivity index (χ0) is 24.1. The van der Waals surface area contributed by atoms with Crippen LogP contribution in [0.2, 0.25) is 0 Å². The third-order valence-electron chi connectivity index (χ3n) is 3.71. The van der Waals surface area contributed by atoms with Crippen molar-refractivity contribution in [3.05, 3.63) is 34.4 Å². The molecule has 1 nitrogen and oxygen atoms in total. The van der Waals surface area contributed by atoms with E-state index in [-0.39, 0.29) is 28.7 Å². The van der Waals surface area contributed by atoms with Gasteiger partial charge in [0, 0.05) is 0 Å². The minimum Gasteiger partial charge on any atom is -0.236 e. The van der Waals surface area contributed by atoms with Crippen LogP contribution in [0.5, 0.6) is 0 Å². The van der Waals surface area contributed by atoms with E-state index in [2.05, 4.69) is 0 Å². The van der Waals surface area contributed by atoms with Crippen LogP contribution in [-0.4, -0.2) is 18.0 Å². The van der Waals surface area contributed by atoms with Crippen LogP contribution in [0.3, 0.4) is 0 Å². The fourth-order valence-electron chi connectivity index (χ4n) is 2.25. The molecule has 0 saturated heterocycles. The zero-order valence-electron chi connectivity index (χ0n) is 13.6. The molecule has 0 N–H and O–H groups in total. The molecule has 0 spiro atoms. The lowest BCUT2D eigenvalue weighted by Gasteiger charge is -2.37. The van der Waals surface area contributed by atoms with Crippen LogP contribution in [0.4, 0.5) is 0 Å². The van der Waals surface area contributed by atoms with Gasteiger partial charge in [-0.25, -0.2) is 5.11 Å². The maximum Gasteiger partial charge on any atom is 0.227 e. The summed E-state index contributed by atoms with van der Waals surface area (Å²) in [4.78, 5) is 0. The van der Waals surface area contributed by atoms with Gasteiger partial charge in [0.05, 0.1) is 6.61 Å². The Hall–Kier alpha value is 3.53. The molecule has 0 heterocycles. The third-order valence-corrected chi connectivity index (χ3v) is 11.0. The second-order valence-electron chi connectivity index (χ2n) is 5.72. The van der Waals surface area contributed by atoms with E-state index in [9.17, 15) is 5.11 Å². The van der Waals surface area contributed by atoms with Crippen molar-refractivity contribution in [3.8, 4) is 0 Å². The first kappa shape index (κ1) is 31.6. The number of alkyl halides is 15. The van der Waals surface area contributed by atoms with Gasteiger partial charge in [0.25, 0.3) is 0 Å². The Bertz CT molecular complexity index is 722. The molecule has 0 amide bonds. The summed E-state index contributed by atoms with van der Waals surface area (Å²) in [5, 5.41) is 11.5. The third kappa shape index (κ3) is 6.44. The van der Waals surface area contributed by atoms with Crippen molar-refractivity contribution in [2.45, 2.75) is 30.8 Å². The Kier molecular flexibility index (Phi) is 11.0. The van der Waals surface area contributed by atoms with Crippen LogP contribution >= 0.6 is 174 Å². The van der Waals surface area contributed by atoms with Crippen LogP contribution < -0.4 is 0 Å². The Morgan fingerprint density at radius 2 is 0.833 bits per heavy atom. The molecule has 0 fully saturated rings. The molecule has 0 unspecified atom stereocenters. The van der Waals surface area contributed by atoms with Gasteiger partial charge in [0.2, 0.25) is 11.4 Å². The molecule has 0 aliphatic heterocycles. The van der Waals surface area contributed by atoms with Gasteiger partial charge in [0.1, 0.15) is 0 Å². The average Bonchev–Trinajstić information content (AvgIpc) is 2.51. The highest BCUT2D eigenvalue weighted by Crippen LogP contribution is 2.60. The topological polar surface area (TPSA) is 19.9 Å². The van der Waals surface area contributed by atoms with E-state index in [1.807, 2.05) is 0 Å². The quantitative estimate of drug-likeness (QED) is 0.270. The molecule has 1 radical (unpaired) electrons. The number of benzene rings is 1. The summed E-state index contributed by atoms with van der Waals surface area (Å²) in [6, 6.07) is 2.33. The summed E-state index contributed by atoms with van der Waals surface area (Å²) in [6.07, 6.45) is -0.278. The van der Waals surface area contributed by atoms with Crippen molar-refractivity contribution in [2.75, 3.05) is 6.61 Å². The molecule has 0 bridgehead atoms. The predicted octanol–water partition coefficient (Wildman–Crippen LogP) is 10.7. The van der Waals surface area contributed by atoms with E-state index in [1.165, 1.54) is 12.1 Å². The number of hydrogen-bond acceptors (Lipinski definition) is 0. The van der Waals surface area contributed by atoms with Crippen LogP contribution in [0.1, 0.15) is 22.3 Å². The Morgan fingerprint density at radius 1 is 0.533 bits per heavy atom. The number of rotatable bonds is 5. The summed E-state index contributed by atoms with van der Waals surface area (Å²) in [5.41, 5.74) is -0.525. The second-order valence-corrected chi connectivity index (χ2v) is 16.5. The SMILES string of the molecule is [O]CCc1c(C(Cl)(Cl)C(Cl)(Cl)Cl)cc(C(Cl)(Cl)C(Cl)(Cl)Cl)cc1C(Cl)(Cl)C(Cl)(Cl)Cl. The zero-order valence-corrected chi connectivity index (χ0v) is 25.0. The molecule has 0 atom stereocenters. The lowest BCUT2D eigenvalue weighted by atomic mass is 9.90. The number of halogens is 15. The van der Waals surface area contributed by atoms with Crippen molar-refractivity contribution < 1.29 is 5.11 Å². The minimum absolute atomic E-state index is 0.00912. The maximum absolute atomic E-state index is 11.5. The highest BCUT2D eigenvalue weighted by Gasteiger charge is 2.55. The molecule has 1 rings (SSSR count). The Labute approximate surface area is 248 Å². The molecule has 1 aromatic rings. The smallest absolute Gasteiger partial charge is 0.227 e. The van der Waals surface area contributed by atoms with Gasteiger partial charge in [-0.1, -0.05) is 174 Å². The molecule has 0 aromatic heterocycles. The molecule has 0 aliphatic carbocycles. The lowest BCUT2D eigenvalue weighted by molar-refractivity contribution is 0.196. The van der Waals surface area contributed by atoms with Gasteiger partial charge in [-0.2, -0.15) is 0 Å². The van der Waals surface area contributed by atoms with Gasteiger partial charge in [0.15, 0.2) is 13.0 Å². The minimum atomic E-state index is -2.34. The number of hydrogen-bond donors (Lipinski definition) is 0. The molecule has 0 aliphatic rings. The molecular weight excluding hydrogens is 716 g/mol. The maximum atomic E-state index is 11.5. The largest absolute Gasteiger partial charge is 0.236 e. The Balaban J connectivity index is 4.20. The fraction of sp³-hybridized carbons (Fsp3) is 0.571. The molecular formula is C14H6Cl15O. The first-order chi connectivity index (χ1) is 13.0. The van der Waals surface area contributed by atoms with Gasteiger partial charge in [-0.15, -0.1) is 0 Å². The van der Waals surface area contributed by atoms with E-state index in [1.54, 1.807) is 0 Å². The summed E-state index contributed by atoms with van der Waals surface area (Å²) < 4.78 is -13.8. The van der Waals surface area contributed by atoms with Gasteiger partial charge in [-0.05, 0) is 40.8 Å². The summed E-state index contributed by atoms with van der Waals surface area (Å²) in [7, 11) is 0. The normalized spacial score (nSPS) is 14.9. The standard InChI is InChI=1S/C14H6Cl15O/c15-9(16,12(21,22)23)5-3-7(10(17,18)13(24,25)26)6(1-2-30)8(4-5)11(19,20)14(27,28)29/h3-4H,1-2H2. The highest BCUT2D eigenvalue weighted by molar-refractivity contribution is 6.77. The summed E-state index contributed by atoms with van der Waals surface area (Å²) in [5.74, 6) is 0. The van der Waals surface area contributed by atoms with Gasteiger partial charge < -0.3 is 0 Å². The van der Waals surface area contributed by atoms with Gasteiger partial charge >= 0.3 is 0 Å². The van der Waals surface area contributed by atoms with Crippen LogP contribution in [-0.2, 0) is 24.5 Å². The van der Waals surface area contributed by atoms with Crippen molar-refractivity contribution in [2.24, 2.45) is 0 Å². The van der Waals surface area contributed by atoms with E-state index in [0.717, 1.165) is 0 Å². The lowest BCUT2D eigenvalue weighted by Crippen LogP contribution is -2.36. The van der Waals surface area contributed by atoms with Crippen LogP contribution in [0.15, 0.2) is 12.1 Å². The molecule has 1 aromatic carbocycles. The first-order valence-corrected chi connectivity index (χ1v) is 12.8. The molecule has 0 saturated carbocycles. The van der Waals surface area contributed by atoms with E-state index < -0.39 is 31.0 Å². The predicted molar refractivity (Wildman–Crippen MR) is 137 cm³/mol. The first-order valence-electron chi connectivity index (χ1n) is 7.13. The summed E-state index contributed by atoms with van der Waals surface area (Å²) >= 11 is 91.3. The molecule has 16 heteroatoms. The van der Waals surface area contributed by atoms with E-state index in [0.29, 0.717) is 0 Å². The van der Waals surface area contributed by atoms with Crippen molar-refractivity contribution in [1.29, 1.82) is 0 Å². The summed E-state index contributed by atoms with van der Waals surface area (Å²) in [6.45, 7) is -0.704. The van der Waals surface area contributed by atoms with Gasteiger partial charge in [-0.3, -0.25) is 0 Å². The van der Waals surface area contributed by atoms with E-state index >= 15 is 0 Å². The molecule has 173 valence electrons. The van der Waals surface area contributed by atoms with Crippen LogP contribution in [0.25, 0.3) is 0 Å². The van der Waals surface area contributed by atoms with E-state index in [4.69, 9.17) is 174 Å². The molecule has 30 heavy (non-hydrogen) atoms.